The lowest BCUT2D eigenvalue weighted by Crippen LogP contribution is -2.35. The average molecular weight is 377 g/mol. The molecule has 0 atom stereocenters. The molecule has 1 aliphatic heterocycles. The van der Waals surface area contributed by atoms with Gasteiger partial charge in [0.15, 0.2) is 18.1 Å². The fourth-order valence-corrected chi connectivity index (χ4v) is 2.92. The number of nitrogens with zero attached hydrogens (tertiary/aromatic N) is 4. The zero-order valence-corrected chi connectivity index (χ0v) is 15.1. The normalized spacial score (nSPS) is 14.0. The van der Waals surface area contributed by atoms with E-state index in [0.717, 1.165) is 16.3 Å². The molecule has 0 spiro atoms. The van der Waals surface area contributed by atoms with Gasteiger partial charge < -0.3 is 4.74 Å². The van der Waals surface area contributed by atoms with Gasteiger partial charge in [0, 0.05) is 18.7 Å². The molecule has 1 aliphatic rings. The van der Waals surface area contributed by atoms with E-state index in [1.165, 1.54) is 6.07 Å². The first kappa shape index (κ1) is 18.1. The highest BCUT2D eigenvalue weighted by atomic mass is 35.5. The van der Waals surface area contributed by atoms with Crippen molar-refractivity contribution in [3.8, 4) is 5.82 Å². The summed E-state index contributed by atoms with van der Waals surface area (Å²) < 4.78 is 6.58. The van der Waals surface area contributed by atoms with Gasteiger partial charge in [0.25, 0.3) is 5.91 Å². The van der Waals surface area contributed by atoms with Gasteiger partial charge in [-0.15, -0.1) is 0 Å². The molecule has 9 heteroatoms. The topological polar surface area (TPSA) is 94.4 Å². The molecule has 3 rings (SSSR count). The molecule has 0 aliphatic carbocycles. The zero-order chi connectivity index (χ0) is 18.8. The van der Waals surface area contributed by atoms with Crippen molar-refractivity contribution in [2.75, 3.05) is 13.2 Å². The van der Waals surface area contributed by atoms with Crippen LogP contribution in [0.15, 0.2) is 18.2 Å². The van der Waals surface area contributed by atoms with Gasteiger partial charge in [-0.1, -0.05) is 11.6 Å². The van der Waals surface area contributed by atoms with Crippen LogP contribution in [-0.4, -0.2) is 50.6 Å². The fourth-order valence-electron chi connectivity index (χ4n) is 2.74. The highest BCUT2D eigenvalue weighted by molar-refractivity contribution is 6.33. The Balaban J connectivity index is 1.74. The quantitative estimate of drug-likeness (QED) is 0.756. The summed E-state index contributed by atoms with van der Waals surface area (Å²) >= 11 is 6.05. The number of pyridine rings is 1. The maximum Gasteiger partial charge on any atom is 0.359 e. The van der Waals surface area contributed by atoms with E-state index in [2.05, 4.69) is 10.1 Å². The van der Waals surface area contributed by atoms with E-state index >= 15 is 0 Å². The molecule has 2 aromatic rings. The number of hydrogen-bond acceptors (Lipinski definition) is 6. The molecule has 0 aromatic carbocycles. The molecule has 0 N–H and O–H groups in total. The van der Waals surface area contributed by atoms with Crippen LogP contribution in [0.4, 0.5) is 0 Å². The SMILES string of the molecule is Cc1cc(C)n(-c2ccc(Cl)c(C(=O)OCC(=O)N3CCCC3=O)n2)n1. The molecule has 1 saturated heterocycles. The van der Waals surface area contributed by atoms with Crippen molar-refractivity contribution in [2.45, 2.75) is 26.7 Å². The lowest BCUT2D eigenvalue weighted by atomic mass is 10.3. The second-order valence-corrected chi connectivity index (χ2v) is 6.36. The minimum Gasteiger partial charge on any atom is -0.451 e. The number of carbonyl (C=O) groups is 3. The molecule has 1 fully saturated rings. The van der Waals surface area contributed by atoms with E-state index in [1.54, 1.807) is 10.7 Å². The highest BCUT2D eigenvalue weighted by Crippen LogP contribution is 2.19. The van der Waals surface area contributed by atoms with Crippen LogP contribution in [0.5, 0.6) is 0 Å². The minimum atomic E-state index is -0.835. The number of esters is 1. The lowest BCUT2D eigenvalue weighted by Gasteiger charge is -2.13. The number of amides is 2. The molecular weight excluding hydrogens is 360 g/mol. The summed E-state index contributed by atoms with van der Waals surface area (Å²) in [5.74, 6) is -1.23. The van der Waals surface area contributed by atoms with E-state index in [4.69, 9.17) is 16.3 Å². The van der Waals surface area contributed by atoms with Gasteiger partial charge in [-0.25, -0.2) is 14.5 Å². The number of aromatic nitrogens is 3. The molecule has 0 unspecified atom stereocenters. The zero-order valence-electron chi connectivity index (χ0n) is 14.4. The monoisotopic (exact) mass is 376 g/mol. The van der Waals surface area contributed by atoms with Crippen LogP contribution in [0.2, 0.25) is 5.02 Å². The number of hydrogen-bond donors (Lipinski definition) is 0. The highest BCUT2D eigenvalue weighted by Gasteiger charge is 2.27. The first-order valence-electron chi connectivity index (χ1n) is 8.07. The van der Waals surface area contributed by atoms with Crippen LogP contribution in [-0.2, 0) is 14.3 Å². The first-order chi connectivity index (χ1) is 12.4. The Morgan fingerprint density at radius 3 is 2.69 bits per heavy atom. The van der Waals surface area contributed by atoms with Crippen molar-refractivity contribution >= 4 is 29.4 Å². The minimum absolute atomic E-state index is 0.102. The van der Waals surface area contributed by atoms with Crippen LogP contribution in [0.3, 0.4) is 0 Å². The van der Waals surface area contributed by atoms with E-state index in [0.29, 0.717) is 25.2 Å². The fraction of sp³-hybridized carbons (Fsp3) is 0.353. The lowest BCUT2D eigenvalue weighted by molar-refractivity contribution is -0.143. The third kappa shape index (κ3) is 3.60. The van der Waals surface area contributed by atoms with Crippen LogP contribution < -0.4 is 0 Å². The Bertz CT molecular complexity index is 893. The number of rotatable bonds is 4. The maximum absolute atomic E-state index is 12.3. The molecule has 8 nitrogen and oxygen atoms in total. The Morgan fingerprint density at radius 1 is 1.31 bits per heavy atom. The van der Waals surface area contributed by atoms with Crippen LogP contribution in [0.1, 0.15) is 34.7 Å². The van der Waals surface area contributed by atoms with E-state index in [9.17, 15) is 14.4 Å². The molecule has 0 bridgehead atoms. The summed E-state index contributed by atoms with van der Waals surface area (Å²) in [6.07, 6.45) is 0.953. The van der Waals surface area contributed by atoms with Gasteiger partial charge in [0.05, 0.1) is 10.7 Å². The molecule has 2 amide bonds. The number of imide groups is 1. The Kier molecular flexibility index (Phi) is 5.03. The second kappa shape index (κ2) is 7.25. The van der Waals surface area contributed by atoms with Crippen LogP contribution in [0, 0.1) is 13.8 Å². The number of carbonyl (C=O) groups excluding carboxylic acids is 3. The van der Waals surface area contributed by atoms with Gasteiger partial charge in [-0.2, -0.15) is 5.10 Å². The standard InChI is InChI=1S/C17H17ClN4O4/c1-10-8-11(2)22(20-10)13-6-5-12(18)16(19-13)17(25)26-9-15(24)21-7-3-4-14(21)23/h5-6,8H,3-4,7,9H2,1-2H3. The van der Waals surface area contributed by atoms with Crippen LogP contribution >= 0.6 is 11.6 Å². The second-order valence-electron chi connectivity index (χ2n) is 5.96. The summed E-state index contributed by atoms with van der Waals surface area (Å²) in [6, 6.07) is 5.02. The third-order valence-electron chi connectivity index (χ3n) is 3.95. The summed E-state index contributed by atoms with van der Waals surface area (Å²) in [5, 5.41) is 4.41. The van der Waals surface area contributed by atoms with Crippen molar-refractivity contribution in [1.82, 2.24) is 19.7 Å². The average Bonchev–Trinajstić information content (AvgIpc) is 3.17. The molecule has 26 heavy (non-hydrogen) atoms. The molecule has 2 aromatic heterocycles. The summed E-state index contributed by atoms with van der Waals surface area (Å²) in [6.45, 7) is 3.52. The van der Waals surface area contributed by atoms with E-state index in [-0.39, 0.29) is 16.6 Å². The molecular formula is C17H17ClN4O4. The van der Waals surface area contributed by atoms with E-state index < -0.39 is 18.5 Å². The summed E-state index contributed by atoms with van der Waals surface area (Å²) in [4.78, 5) is 41.1. The molecule has 0 radical (unpaired) electrons. The van der Waals surface area contributed by atoms with Gasteiger partial charge in [0.2, 0.25) is 5.91 Å². The van der Waals surface area contributed by atoms with Gasteiger partial charge in [-0.05, 0) is 38.5 Å². The van der Waals surface area contributed by atoms with Crippen molar-refractivity contribution in [2.24, 2.45) is 0 Å². The van der Waals surface area contributed by atoms with E-state index in [1.807, 2.05) is 19.9 Å². The summed E-state index contributed by atoms with van der Waals surface area (Å²) in [5.41, 5.74) is 1.54. The van der Waals surface area contributed by atoms with Crippen molar-refractivity contribution in [3.63, 3.8) is 0 Å². The third-order valence-corrected chi connectivity index (χ3v) is 4.26. The number of aryl methyl sites for hydroxylation is 2. The first-order valence-corrected chi connectivity index (χ1v) is 8.45. The predicted octanol–water partition coefficient (Wildman–Crippen LogP) is 1.84. The molecule has 3 heterocycles. The van der Waals surface area contributed by atoms with Crippen molar-refractivity contribution < 1.29 is 19.1 Å². The summed E-state index contributed by atoms with van der Waals surface area (Å²) in [7, 11) is 0. The Labute approximate surface area is 154 Å². The van der Waals surface area contributed by atoms with Crippen LogP contribution in [0.25, 0.3) is 5.82 Å². The number of likely N-dealkylation sites (tertiary alicyclic amines) is 1. The molecule has 0 saturated carbocycles. The Morgan fingerprint density at radius 2 is 2.08 bits per heavy atom. The largest absolute Gasteiger partial charge is 0.451 e. The van der Waals surface area contributed by atoms with Gasteiger partial charge in [0.1, 0.15) is 0 Å². The van der Waals surface area contributed by atoms with Crippen molar-refractivity contribution in [3.05, 3.63) is 40.3 Å². The smallest absolute Gasteiger partial charge is 0.359 e. The number of halogens is 1. The van der Waals surface area contributed by atoms with Gasteiger partial charge >= 0.3 is 5.97 Å². The predicted molar refractivity (Wildman–Crippen MR) is 92.1 cm³/mol. The number of ether oxygens (including phenoxy) is 1. The van der Waals surface area contributed by atoms with Gasteiger partial charge in [-0.3, -0.25) is 14.5 Å². The molecule has 136 valence electrons. The van der Waals surface area contributed by atoms with Crippen molar-refractivity contribution in [1.29, 1.82) is 0 Å². The maximum atomic E-state index is 12.3. The Hall–Kier alpha value is -2.74.